The Bertz CT molecular complexity index is 572. The summed E-state index contributed by atoms with van der Waals surface area (Å²) >= 11 is 3.29. The van der Waals surface area contributed by atoms with Crippen molar-refractivity contribution < 1.29 is 9.13 Å². The lowest BCUT2D eigenvalue weighted by Gasteiger charge is -2.17. The zero-order valence-electron chi connectivity index (χ0n) is 11.1. The van der Waals surface area contributed by atoms with Crippen LogP contribution < -0.4 is 16.0 Å². The molecule has 0 saturated heterocycles. The number of halogens is 2. The molecule has 1 unspecified atom stereocenters. The molecule has 1 atom stereocenters. The van der Waals surface area contributed by atoms with Crippen LogP contribution in [-0.2, 0) is 6.42 Å². The highest BCUT2D eigenvalue weighted by atomic mass is 79.9. The Morgan fingerprint density at radius 3 is 2.75 bits per heavy atom. The monoisotopic (exact) mass is 338 g/mol. The molecule has 2 aromatic rings. The second-order valence-corrected chi connectivity index (χ2v) is 5.39. The van der Waals surface area contributed by atoms with E-state index in [1.54, 1.807) is 7.11 Å². The van der Waals surface area contributed by atoms with Gasteiger partial charge < -0.3 is 4.74 Å². The molecule has 20 heavy (non-hydrogen) atoms. The van der Waals surface area contributed by atoms with Gasteiger partial charge in [-0.1, -0.05) is 28.1 Å². The van der Waals surface area contributed by atoms with Crippen molar-refractivity contribution in [2.75, 3.05) is 7.11 Å². The second-order valence-electron chi connectivity index (χ2n) is 4.48. The van der Waals surface area contributed by atoms with Crippen molar-refractivity contribution in [3.8, 4) is 5.75 Å². The molecule has 0 fully saturated rings. The number of benzene rings is 2. The molecule has 2 aromatic carbocycles. The molecule has 2 rings (SSSR count). The van der Waals surface area contributed by atoms with E-state index >= 15 is 0 Å². The molecule has 0 saturated carbocycles. The Balaban J connectivity index is 2.23. The van der Waals surface area contributed by atoms with Crippen LogP contribution in [0.1, 0.15) is 17.2 Å². The van der Waals surface area contributed by atoms with Gasteiger partial charge in [-0.3, -0.25) is 11.3 Å². The first-order valence-corrected chi connectivity index (χ1v) is 6.96. The lowest BCUT2D eigenvalue weighted by molar-refractivity contribution is 0.413. The van der Waals surface area contributed by atoms with Crippen molar-refractivity contribution in [2.24, 2.45) is 5.84 Å². The molecule has 3 nitrogen and oxygen atoms in total. The summed E-state index contributed by atoms with van der Waals surface area (Å²) in [5, 5.41) is 0. The van der Waals surface area contributed by atoms with Crippen LogP contribution in [-0.4, -0.2) is 7.11 Å². The Labute approximate surface area is 126 Å². The molecule has 0 aliphatic carbocycles. The van der Waals surface area contributed by atoms with Crippen LogP contribution in [0.4, 0.5) is 4.39 Å². The maximum atomic E-state index is 13.4. The number of rotatable bonds is 5. The van der Waals surface area contributed by atoms with Crippen LogP contribution in [0.3, 0.4) is 0 Å². The summed E-state index contributed by atoms with van der Waals surface area (Å²) in [4.78, 5) is 0. The van der Waals surface area contributed by atoms with E-state index in [0.717, 1.165) is 16.9 Å². The molecule has 5 heteroatoms. The summed E-state index contributed by atoms with van der Waals surface area (Å²) in [6, 6.07) is 12.4. The molecule has 0 aliphatic rings. The number of hydrogen-bond donors (Lipinski definition) is 2. The lowest BCUT2D eigenvalue weighted by Crippen LogP contribution is -2.29. The van der Waals surface area contributed by atoms with E-state index in [0.29, 0.717) is 10.9 Å². The SMILES string of the molecule is COc1cccc(C(Cc2cc(F)cc(Br)c2)NN)c1. The van der Waals surface area contributed by atoms with E-state index < -0.39 is 0 Å². The van der Waals surface area contributed by atoms with Gasteiger partial charge in [0.25, 0.3) is 0 Å². The number of nitrogens with two attached hydrogens (primary N) is 1. The third-order valence-corrected chi connectivity index (χ3v) is 3.52. The minimum Gasteiger partial charge on any atom is -0.497 e. The van der Waals surface area contributed by atoms with E-state index in [4.69, 9.17) is 10.6 Å². The summed E-state index contributed by atoms with van der Waals surface area (Å²) < 4.78 is 19.3. The van der Waals surface area contributed by atoms with E-state index in [9.17, 15) is 4.39 Å². The largest absolute Gasteiger partial charge is 0.497 e. The van der Waals surface area contributed by atoms with Gasteiger partial charge in [-0.05, 0) is 47.9 Å². The lowest BCUT2D eigenvalue weighted by atomic mass is 9.99. The molecule has 0 spiro atoms. The van der Waals surface area contributed by atoms with Gasteiger partial charge in [-0.2, -0.15) is 0 Å². The first-order chi connectivity index (χ1) is 9.62. The zero-order valence-corrected chi connectivity index (χ0v) is 12.7. The Kier molecular flexibility index (Phi) is 5.11. The summed E-state index contributed by atoms with van der Waals surface area (Å²) in [5.74, 6) is 6.12. The maximum absolute atomic E-state index is 13.4. The Hall–Kier alpha value is -1.43. The van der Waals surface area contributed by atoms with Crippen molar-refractivity contribution in [2.45, 2.75) is 12.5 Å². The smallest absolute Gasteiger partial charge is 0.124 e. The summed E-state index contributed by atoms with van der Waals surface area (Å²) in [6.45, 7) is 0. The van der Waals surface area contributed by atoms with Crippen molar-refractivity contribution in [1.82, 2.24) is 5.43 Å². The van der Waals surface area contributed by atoms with Crippen LogP contribution >= 0.6 is 15.9 Å². The van der Waals surface area contributed by atoms with Crippen LogP contribution in [0.2, 0.25) is 0 Å². The number of hydrogen-bond acceptors (Lipinski definition) is 3. The van der Waals surface area contributed by atoms with Gasteiger partial charge in [0, 0.05) is 4.47 Å². The number of ether oxygens (including phenoxy) is 1. The number of methoxy groups -OCH3 is 1. The van der Waals surface area contributed by atoms with E-state index in [1.165, 1.54) is 12.1 Å². The average molecular weight is 339 g/mol. The fourth-order valence-electron chi connectivity index (χ4n) is 2.10. The zero-order chi connectivity index (χ0) is 14.5. The predicted molar refractivity (Wildman–Crippen MR) is 80.9 cm³/mol. The van der Waals surface area contributed by atoms with Gasteiger partial charge in [0.05, 0.1) is 13.2 Å². The van der Waals surface area contributed by atoms with Gasteiger partial charge >= 0.3 is 0 Å². The number of nitrogens with one attached hydrogen (secondary N) is 1. The first kappa shape index (κ1) is 15.0. The fourth-order valence-corrected chi connectivity index (χ4v) is 2.61. The molecule has 0 bridgehead atoms. The second kappa shape index (κ2) is 6.83. The number of hydrazine groups is 1. The highest BCUT2D eigenvalue weighted by Crippen LogP contribution is 2.24. The quantitative estimate of drug-likeness (QED) is 0.649. The average Bonchev–Trinajstić information content (AvgIpc) is 2.44. The summed E-state index contributed by atoms with van der Waals surface area (Å²) in [7, 11) is 1.62. The van der Waals surface area contributed by atoms with Crippen molar-refractivity contribution in [1.29, 1.82) is 0 Å². The maximum Gasteiger partial charge on any atom is 0.124 e. The van der Waals surface area contributed by atoms with Gasteiger partial charge in [0.2, 0.25) is 0 Å². The van der Waals surface area contributed by atoms with E-state index in [2.05, 4.69) is 21.4 Å². The molecule has 0 radical (unpaired) electrons. The standard InChI is InChI=1S/C15H16BrFN2O/c1-20-14-4-2-3-11(8-14)15(19-18)7-10-5-12(16)9-13(17)6-10/h2-6,8-9,15,19H,7,18H2,1H3. The Morgan fingerprint density at radius 2 is 2.10 bits per heavy atom. The van der Waals surface area contributed by atoms with Crippen molar-refractivity contribution >= 4 is 15.9 Å². The van der Waals surface area contributed by atoms with Crippen LogP contribution in [0.25, 0.3) is 0 Å². The summed E-state index contributed by atoms with van der Waals surface area (Å²) in [6.07, 6.45) is 0.583. The van der Waals surface area contributed by atoms with Gasteiger partial charge in [-0.25, -0.2) is 4.39 Å². The highest BCUT2D eigenvalue weighted by Gasteiger charge is 2.12. The van der Waals surface area contributed by atoms with Crippen LogP contribution in [0.15, 0.2) is 46.9 Å². The molecule has 3 N–H and O–H groups in total. The highest BCUT2D eigenvalue weighted by molar-refractivity contribution is 9.10. The Morgan fingerprint density at radius 1 is 1.30 bits per heavy atom. The van der Waals surface area contributed by atoms with Crippen molar-refractivity contribution in [3.05, 3.63) is 63.9 Å². The molecule has 0 aromatic heterocycles. The molecular weight excluding hydrogens is 323 g/mol. The minimum atomic E-state index is -0.268. The third kappa shape index (κ3) is 3.79. The van der Waals surface area contributed by atoms with E-state index in [1.807, 2.05) is 30.3 Å². The van der Waals surface area contributed by atoms with Crippen molar-refractivity contribution in [3.63, 3.8) is 0 Å². The predicted octanol–water partition coefficient (Wildman–Crippen LogP) is 3.34. The topological polar surface area (TPSA) is 47.3 Å². The van der Waals surface area contributed by atoms with Crippen LogP contribution in [0, 0.1) is 5.82 Å². The summed E-state index contributed by atoms with van der Waals surface area (Å²) in [5.41, 5.74) is 4.62. The fraction of sp³-hybridized carbons (Fsp3) is 0.200. The van der Waals surface area contributed by atoms with Gasteiger partial charge in [-0.15, -0.1) is 0 Å². The van der Waals surface area contributed by atoms with Gasteiger partial charge in [0.1, 0.15) is 11.6 Å². The minimum absolute atomic E-state index is 0.112. The molecular formula is C15H16BrFN2O. The normalized spacial score (nSPS) is 12.2. The van der Waals surface area contributed by atoms with E-state index in [-0.39, 0.29) is 11.9 Å². The first-order valence-electron chi connectivity index (χ1n) is 6.17. The molecule has 0 heterocycles. The van der Waals surface area contributed by atoms with Gasteiger partial charge in [0.15, 0.2) is 0 Å². The third-order valence-electron chi connectivity index (χ3n) is 3.06. The molecule has 0 aliphatic heterocycles. The van der Waals surface area contributed by atoms with Crippen LogP contribution in [0.5, 0.6) is 5.75 Å². The molecule has 106 valence electrons. The molecule has 0 amide bonds.